The van der Waals surface area contributed by atoms with E-state index in [1.807, 2.05) is 0 Å². The molecule has 0 aliphatic carbocycles. The molecule has 0 unspecified atom stereocenters. The first kappa shape index (κ1) is 8.86. The number of carbonyl (C=O) groups excluding carboxylic acids is 1. The summed E-state index contributed by atoms with van der Waals surface area (Å²) in [6, 6.07) is 0. The topological polar surface area (TPSA) is 67.3 Å². The molecule has 64 valence electrons. The number of Topliss-reactive ketones (excluding diaryl/α,β-unsaturated/α-hetero) is 1. The molecule has 1 N–H and O–H groups in total. The molecular weight excluding hydrogens is 178 g/mol. The first-order valence-electron chi connectivity index (χ1n) is 3.33. The van der Waals surface area contributed by atoms with Crippen molar-refractivity contribution in [1.29, 1.82) is 0 Å². The van der Waals surface area contributed by atoms with Crippen molar-refractivity contribution in [2.24, 2.45) is 0 Å². The molecule has 0 radical (unpaired) electrons. The van der Waals surface area contributed by atoms with Crippen molar-refractivity contribution in [3.8, 4) is 0 Å². The lowest BCUT2D eigenvalue weighted by molar-refractivity contribution is -0.136. The smallest absolute Gasteiger partial charge is 0.303 e. The second-order valence-corrected chi connectivity index (χ2v) is 2.91. The predicted molar refractivity (Wildman–Crippen MR) is 43.3 cm³/mol. The summed E-state index contributed by atoms with van der Waals surface area (Å²) in [6.07, 6.45) is -0.102. The highest BCUT2D eigenvalue weighted by Crippen LogP contribution is 2.05. The van der Waals surface area contributed by atoms with Gasteiger partial charge >= 0.3 is 5.97 Å². The SMILES string of the molecule is O=C(O)CCC(=O)c1cscn1. The monoisotopic (exact) mass is 185 g/mol. The van der Waals surface area contributed by atoms with Crippen LogP contribution in [0, 0.1) is 0 Å². The fraction of sp³-hybridized carbons (Fsp3) is 0.286. The van der Waals surface area contributed by atoms with Crippen LogP contribution in [0.4, 0.5) is 0 Å². The van der Waals surface area contributed by atoms with Crippen molar-refractivity contribution in [2.75, 3.05) is 0 Å². The van der Waals surface area contributed by atoms with Gasteiger partial charge in [0.1, 0.15) is 5.69 Å². The molecule has 1 aromatic rings. The van der Waals surface area contributed by atoms with E-state index < -0.39 is 5.97 Å². The molecule has 5 heteroatoms. The Balaban J connectivity index is 2.45. The molecule has 0 spiro atoms. The number of ketones is 1. The molecule has 12 heavy (non-hydrogen) atoms. The highest BCUT2D eigenvalue weighted by atomic mass is 32.1. The molecule has 0 saturated carbocycles. The molecule has 0 saturated heterocycles. The van der Waals surface area contributed by atoms with Gasteiger partial charge in [-0.25, -0.2) is 4.98 Å². The van der Waals surface area contributed by atoms with E-state index in [0.717, 1.165) is 0 Å². The summed E-state index contributed by atoms with van der Waals surface area (Å²) in [5.41, 5.74) is 1.91. The molecule has 0 atom stereocenters. The maximum absolute atomic E-state index is 11.1. The lowest BCUT2D eigenvalue weighted by atomic mass is 10.2. The number of thiazole rings is 1. The lowest BCUT2D eigenvalue weighted by Crippen LogP contribution is -2.03. The fourth-order valence-electron chi connectivity index (χ4n) is 0.699. The number of hydrogen-bond acceptors (Lipinski definition) is 4. The van der Waals surface area contributed by atoms with Crippen LogP contribution in [-0.2, 0) is 4.79 Å². The van der Waals surface area contributed by atoms with Gasteiger partial charge < -0.3 is 5.11 Å². The van der Waals surface area contributed by atoms with E-state index in [4.69, 9.17) is 5.11 Å². The lowest BCUT2D eigenvalue weighted by Gasteiger charge is -1.91. The van der Waals surface area contributed by atoms with Gasteiger partial charge in [0.15, 0.2) is 5.78 Å². The third-order valence-corrected chi connectivity index (χ3v) is 1.87. The molecule has 0 bridgehead atoms. The number of carbonyl (C=O) groups is 2. The number of rotatable bonds is 4. The Morgan fingerprint density at radius 1 is 1.50 bits per heavy atom. The molecule has 0 amide bonds. The molecular formula is C7H7NO3S. The van der Waals surface area contributed by atoms with Crippen molar-refractivity contribution in [2.45, 2.75) is 12.8 Å². The fourth-order valence-corrected chi connectivity index (χ4v) is 1.26. The average molecular weight is 185 g/mol. The van der Waals surface area contributed by atoms with Gasteiger partial charge in [0.05, 0.1) is 11.9 Å². The number of aromatic nitrogens is 1. The van der Waals surface area contributed by atoms with Crippen LogP contribution in [0.2, 0.25) is 0 Å². The van der Waals surface area contributed by atoms with Gasteiger partial charge in [-0.05, 0) is 0 Å². The quantitative estimate of drug-likeness (QED) is 0.715. The molecule has 1 heterocycles. The number of aliphatic carboxylic acids is 1. The second kappa shape index (κ2) is 3.96. The minimum absolute atomic E-state index is 0.0269. The van der Waals surface area contributed by atoms with Gasteiger partial charge in [0.2, 0.25) is 0 Å². The molecule has 0 aliphatic rings. The van der Waals surface area contributed by atoms with Crippen LogP contribution in [0.3, 0.4) is 0 Å². The van der Waals surface area contributed by atoms with Crippen LogP contribution in [0.15, 0.2) is 10.9 Å². The summed E-state index contributed by atoms with van der Waals surface area (Å²) < 4.78 is 0. The van der Waals surface area contributed by atoms with Crippen LogP contribution >= 0.6 is 11.3 Å². The molecule has 0 aromatic carbocycles. The standard InChI is InChI=1S/C7H7NO3S/c9-6(1-2-7(10)11)5-3-12-4-8-5/h3-4H,1-2H2,(H,10,11). The Morgan fingerprint density at radius 2 is 2.25 bits per heavy atom. The third-order valence-electron chi connectivity index (χ3n) is 1.28. The van der Waals surface area contributed by atoms with Gasteiger partial charge in [0, 0.05) is 11.8 Å². The minimum atomic E-state index is -0.960. The van der Waals surface area contributed by atoms with Crippen LogP contribution in [0.5, 0.6) is 0 Å². The molecule has 0 fully saturated rings. The van der Waals surface area contributed by atoms with E-state index in [2.05, 4.69) is 4.98 Å². The average Bonchev–Trinajstić information content (AvgIpc) is 2.51. The number of nitrogens with zero attached hydrogens (tertiary/aromatic N) is 1. The third kappa shape index (κ3) is 2.43. The van der Waals surface area contributed by atoms with E-state index in [1.165, 1.54) is 11.3 Å². The summed E-state index contributed by atoms with van der Waals surface area (Å²) in [5.74, 6) is -1.17. The summed E-state index contributed by atoms with van der Waals surface area (Å²) >= 11 is 1.32. The normalized spacial score (nSPS) is 9.67. The van der Waals surface area contributed by atoms with Crippen molar-refractivity contribution in [3.63, 3.8) is 0 Å². The molecule has 0 aliphatic heterocycles. The molecule has 1 aromatic heterocycles. The summed E-state index contributed by atoms with van der Waals surface area (Å²) in [5, 5.41) is 9.91. The van der Waals surface area contributed by atoms with Crippen molar-refractivity contribution in [3.05, 3.63) is 16.6 Å². The largest absolute Gasteiger partial charge is 0.481 e. The van der Waals surface area contributed by atoms with E-state index in [0.29, 0.717) is 5.69 Å². The van der Waals surface area contributed by atoms with E-state index in [9.17, 15) is 9.59 Å². The first-order chi connectivity index (χ1) is 5.70. The Bertz CT molecular complexity index is 281. The Hall–Kier alpha value is -1.23. The Kier molecular flexibility index (Phi) is 2.93. The molecule has 1 rings (SSSR count). The summed E-state index contributed by atoms with van der Waals surface area (Å²) in [6.45, 7) is 0. The number of hydrogen-bond donors (Lipinski definition) is 1. The zero-order valence-electron chi connectivity index (χ0n) is 6.19. The van der Waals surface area contributed by atoms with Crippen molar-refractivity contribution < 1.29 is 14.7 Å². The second-order valence-electron chi connectivity index (χ2n) is 2.19. The van der Waals surface area contributed by atoms with Gasteiger partial charge in [-0.1, -0.05) is 0 Å². The maximum atomic E-state index is 11.1. The van der Waals surface area contributed by atoms with E-state index in [-0.39, 0.29) is 18.6 Å². The van der Waals surface area contributed by atoms with Crippen LogP contribution in [-0.4, -0.2) is 21.8 Å². The van der Waals surface area contributed by atoms with E-state index in [1.54, 1.807) is 10.9 Å². The van der Waals surface area contributed by atoms with Gasteiger partial charge in [-0.3, -0.25) is 9.59 Å². The van der Waals surface area contributed by atoms with Gasteiger partial charge in [0.25, 0.3) is 0 Å². The minimum Gasteiger partial charge on any atom is -0.481 e. The number of carboxylic acid groups (broad SMARTS) is 1. The Labute approximate surface area is 72.9 Å². The van der Waals surface area contributed by atoms with Gasteiger partial charge in [-0.15, -0.1) is 11.3 Å². The Morgan fingerprint density at radius 3 is 2.75 bits per heavy atom. The summed E-state index contributed by atoms with van der Waals surface area (Å²) in [7, 11) is 0. The van der Waals surface area contributed by atoms with Crippen LogP contribution in [0.1, 0.15) is 23.3 Å². The van der Waals surface area contributed by atoms with Crippen LogP contribution in [0.25, 0.3) is 0 Å². The van der Waals surface area contributed by atoms with Gasteiger partial charge in [-0.2, -0.15) is 0 Å². The number of carboxylic acids is 1. The zero-order valence-corrected chi connectivity index (χ0v) is 7.00. The predicted octanol–water partition coefficient (Wildman–Crippen LogP) is 1.19. The highest BCUT2D eigenvalue weighted by molar-refractivity contribution is 7.07. The highest BCUT2D eigenvalue weighted by Gasteiger charge is 2.09. The first-order valence-corrected chi connectivity index (χ1v) is 4.27. The zero-order chi connectivity index (χ0) is 8.97. The van der Waals surface area contributed by atoms with Crippen LogP contribution < -0.4 is 0 Å². The summed E-state index contributed by atoms with van der Waals surface area (Å²) in [4.78, 5) is 25.0. The van der Waals surface area contributed by atoms with Crippen molar-refractivity contribution in [1.82, 2.24) is 4.98 Å². The molecule has 4 nitrogen and oxygen atoms in total. The van der Waals surface area contributed by atoms with E-state index >= 15 is 0 Å². The van der Waals surface area contributed by atoms with Crippen molar-refractivity contribution >= 4 is 23.1 Å². The maximum Gasteiger partial charge on any atom is 0.303 e.